The molecule has 6 nitrogen and oxygen atoms in total. The molecule has 0 amide bonds. The monoisotopic (exact) mass is 423 g/mol. The van der Waals surface area contributed by atoms with Gasteiger partial charge in [-0.15, -0.1) is 11.3 Å². The van der Waals surface area contributed by atoms with E-state index in [-0.39, 0.29) is 6.10 Å². The summed E-state index contributed by atoms with van der Waals surface area (Å²) in [4.78, 5) is 9.80. The summed E-state index contributed by atoms with van der Waals surface area (Å²) in [7, 11) is 0. The van der Waals surface area contributed by atoms with E-state index in [2.05, 4.69) is 49.8 Å². The average molecular weight is 424 g/mol. The molecule has 4 aromatic rings. The van der Waals surface area contributed by atoms with Crippen LogP contribution in [0.15, 0.2) is 65.4 Å². The summed E-state index contributed by atoms with van der Waals surface area (Å²) in [6.45, 7) is 2.77. The maximum atomic E-state index is 6.20. The van der Waals surface area contributed by atoms with Gasteiger partial charge < -0.3 is 4.74 Å². The van der Waals surface area contributed by atoms with Gasteiger partial charge in [0, 0.05) is 19.3 Å². The van der Waals surface area contributed by atoms with Crippen LogP contribution in [0.4, 0.5) is 0 Å². The molecular weight excluding hydrogens is 402 g/mol. The molecule has 0 saturated carbocycles. The number of thiophene rings is 1. The third kappa shape index (κ3) is 4.44. The molecule has 0 atom stereocenters. The van der Waals surface area contributed by atoms with E-state index in [1.807, 2.05) is 28.4 Å². The van der Waals surface area contributed by atoms with Gasteiger partial charge in [-0.1, -0.05) is 30.3 Å². The largest absolute Gasteiger partial charge is 0.473 e. The Morgan fingerprint density at radius 3 is 2.83 bits per heavy atom. The Morgan fingerprint density at radius 1 is 1.10 bits per heavy atom. The smallest absolute Gasteiger partial charge is 0.235 e. The standard InChI is InChI=1S/C21H21N5OS2/c1-2-4-16(5-3-1)13-25-14-18(12-24-25)29-26-9-6-17(7-10-26)27-21-20-19(8-11-28-20)22-15-23-21/h1-5,8,11-12,14-15,17H,6-7,9-10,13H2. The zero-order valence-electron chi connectivity index (χ0n) is 15.8. The van der Waals surface area contributed by atoms with Gasteiger partial charge >= 0.3 is 0 Å². The van der Waals surface area contributed by atoms with E-state index in [0.29, 0.717) is 0 Å². The highest BCUT2D eigenvalue weighted by atomic mass is 32.2. The molecule has 1 fully saturated rings. The minimum absolute atomic E-state index is 0.202. The van der Waals surface area contributed by atoms with Crippen LogP contribution in [0.1, 0.15) is 18.4 Å². The Kier molecular flexibility index (Phi) is 5.47. The van der Waals surface area contributed by atoms with Gasteiger partial charge in [-0.3, -0.25) is 4.68 Å². The number of piperidine rings is 1. The minimum atomic E-state index is 0.202. The van der Waals surface area contributed by atoms with Gasteiger partial charge in [-0.05, 0) is 41.8 Å². The molecule has 148 valence electrons. The first kappa shape index (κ1) is 18.6. The predicted octanol–water partition coefficient (Wildman–Crippen LogP) is 4.49. The van der Waals surface area contributed by atoms with E-state index in [9.17, 15) is 0 Å². The maximum Gasteiger partial charge on any atom is 0.235 e. The second kappa shape index (κ2) is 8.52. The van der Waals surface area contributed by atoms with Crippen LogP contribution >= 0.6 is 23.3 Å². The molecule has 1 aliphatic heterocycles. The first-order chi connectivity index (χ1) is 14.3. The van der Waals surface area contributed by atoms with Crippen LogP contribution in [0.25, 0.3) is 10.2 Å². The fourth-order valence-electron chi connectivity index (χ4n) is 3.45. The van der Waals surface area contributed by atoms with Crippen LogP contribution in [0, 0.1) is 0 Å². The van der Waals surface area contributed by atoms with E-state index >= 15 is 0 Å². The van der Waals surface area contributed by atoms with Gasteiger partial charge in [0.25, 0.3) is 0 Å². The van der Waals surface area contributed by atoms with E-state index in [4.69, 9.17) is 4.74 Å². The van der Waals surface area contributed by atoms with Crippen molar-refractivity contribution >= 4 is 33.5 Å². The first-order valence-corrected chi connectivity index (χ1v) is 11.3. The Morgan fingerprint density at radius 2 is 1.97 bits per heavy atom. The lowest BCUT2D eigenvalue weighted by molar-refractivity contribution is 0.135. The molecule has 0 radical (unpaired) electrons. The van der Waals surface area contributed by atoms with Crippen molar-refractivity contribution in [3.8, 4) is 5.88 Å². The van der Waals surface area contributed by atoms with Gasteiger partial charge in [-0.25, -0.2) is 14.3 Å². The zero-order valence-corrected chi connectivity index (χ0v) is 17.5. The molecule has 4 heterocycles. The van der Waals surface area contributed by atoms with Crippen molar-refractivity contribution in [3.05, 3.63) is 66.1 Å². The number of nitrogens with zero attached hydrogens (tertiary/aromatic N) is 5. The van der Waals surface area contributed by atoms with E-state index in [1.165, 1.54) is 10.5 Å². The molecule has 0 bridgehead atoms. The lowest BCUT2D eigenvalue weighted by Gasteiger charge is -2.30. The summed E-state index contributed by atoms with van der Waals surface area (Å²) in [6.07, 6.45) is 7.83. The van der Waals surface area contributed by atoms with Crippen LogP contribution in [-0.4, -0.2) is 43.2 Å². The summed E-state index contributed by atoms with van der Waals surface area (Å²) in [5.41, 5.74) is 2.22. The second-order valence-electron chi connectivity index (χ2n) is 7.01. The summed E-state index contributed by atoms with van der Waals surface area (Å²) in [5.74, 6) is 0.721. The highest BCUT2D eigenvalue weighted by Gasteiger charge is 2.23. The van der Waals surface area contributed by atoms with Crippen LogP contribution in [0.3, 0.4) is 0 Å². The lowest BCUT2D eigenvalue weighted by atomic mass is 10.1. The third-order valence-corrected chi connectivity index (χ3v) is 6.86. The number of rotatable bonds is 6. The number of benzene rings is 1. The average Bonchev–Trinajstić information content (AvgIpc) is 3.40. The van der Waals surface area contributed by atoms with Crippen molar-refractivity contribution in [2.45, 2.75) is 30.4 Å². The van der Waals surface area contributed by atoms with E-state index in [1.54, 1.807) is 29.6 Å². The van der Waals surface area contributed by atoms with Crippen LogP contribution in [-0.2, 0) is 6.54 Å². The normalized spacial score (nSPS) is 15.7. The molecule has 29 heavy (non-hydrogen) atoms. The van der Waals surface area contributed by atoms with Gasteiger partial charge in [0.1, 0.15) is 17.1 Å². The van der Waals surface area contributed by atoms with E-state index < -0.39 is 0 Å². The fourth-order valence-corrected chi connectivity index (χ4v) is 5.18. The Bertz CT molecular complexity index is 1070. The van der Waals surface area contributed by atoms with Crippen LogP contribution < -0.4 is 4.74 Å². The number of hydrogen-bond acceptors (Lipinski definition) is 7. The molecule has 5 rings (SSSR count). The van der Waals surface area contributed by atoms with Crippen molar-refractivity contribution in [2.24, 2.45) is 0 Å². The summed E-state index contributed by atoms with van der Waals surface area (Å²) in [5, 5.41) is 6.53. The molecule has 0 N–H and O–H groups in total. The molecule has 1 aromatic carbocycles. The highest BCUT2D eigenvalue weighted by Crippen LogP contribution is 2.31. The molecule has 1 saturated heterocycles. The molecule has 0 aliphatic carbocycles. The quantitative estimate of drug-likeness (QED) is 0.426. The van der Waals surface area contributed by atoms with Gasteiger partial charge in [0.15, 0.2) is 0 Å². The van der Waals surface area contributed by atoms with Gasteiger partial charge in [0.05, 0.1) is 23.2 Å². The van der Waals surface area contributed by atoms with Crippen molar-refractivity contribution in [1.82, 2.24) is 24.1 Å². The number of fused-ring (bicyclic) bond motifs is 1. The van der Waals surface area contributed by atoms with Crippen molar-refractivity contribution < 1.29 is 4.74 Å². The molecule has 0 spiro atoms. The number of hydrogen-bond donors (Lipinski definition) is 0. The SMILES string of the molecule is c1ccc(Cn2cc(SN3CCC(Oc4ncnc5ccsc45)CC3)cn2)cc1. The Hall–Kier alpha value is -2.42. The second-order valence-corrected chi connectivity index (χ2v) is 9.10. The maximum absolute atomic E-state index is 6.20. The van der Waals surface area contributed by atoms with Crippen molar-refractivity contribution in [1.29, 1.82) is 0 Å². The van der Waals surface area contributed by atoms with Gasteiger partial charge in [-0.2, -0.15) is 5.10 Å². The first-order valence-electron chi connectivity index (χ1n) is 9.68. The third-order valence-electron chi connectivity index (χ3n) is 4.92. The van der Waals surface area contributed by atoms with Crippen LogP contribution in [0.2, 0.25) is 0 Å². The zero-order chi connectivity index (χ0) is 19.5. The van der Waals surface area contributed by atoms with Crippen molar-refractivity contribution in [3.63, 3.8) is 0 Å². The van der Waals surface area contributed by atoms with Crippen LogP contribution in [0.5, 0.6) is 5.88 Å². The molecular formula is C21H21N5OS2. The Balaban J connectivity index is 1.14. The molecule has 8 heteroatoms. The van der Waals surface area contributed by atoms with Crippen molar-refractivity contribution in [2.75, 3.05) is 13.1 Å². The number of aromatic nitrogens is 4. The Labute approximate surface area is 177 Å². The fraction of sp³-hybridized carbons (Fsp3) is 0.286. The van der Waals surface area contributed by atoms with E-state index in [0.717, 1.165) is 48.6 Å². The topological polar surface area (TPSA) is 56.1 Å². The lowest BCUT2D eigenvalue weighted by Crippen LogP contribution is -2.34. The highest BCUT2D eigenvalue weighted by molar-refractivity contribution is 7.97. The summed E-state index contributed by atoms with van der Waals surface area (Å²) < 4.78 is 11.6. The van der Waals surface area contributed by atoms with Gasteiger partial charge in [0.2, 0.25) is 5.88 Å². The molecule has 0 unspecified atom stereocenters. The predicted molar refractivity (Wildman–Crippen MR) is 116 cm³/mol. The minimum Gasteiger partial charge on any atom is -0.473 e. The molecule has 3 aromatic heterocycles. The summed E-state index contributed by atoms with van der Waals surface area (Å²) >= 11 is 3.41. The molecule has 1 aliphatic rings. The summed E-state index contributed by atoms with van der Waals surface area (Å²) in [6, 6.07) is 12.4. The number of ether oxygens (including phenoxy) is 1.